The number of rotatable bonds is 0. The van der Waals surface area contributed by atoms with Crippen molar-refractivity contribution < 1.29 is 9.45 Å². The molecule has 1 aliphatic rings. The Labute approximate surface area is 61.6 Å². The maximum atomic E-state index is 8.47. The standard InChI is InChI=1S/C4H10OSi.HN2O2/c1-2-4-6-5-3-1;1-2(3)4/h1-4,6H2;(H-,1,3,4)/q;-1. The Bertz CT molecular complexity index is 81.0. The molecule has 0 saturated carbocycles. The van der Waals surface area contributed by atoms with Gasteiger partial charge < -0.3 is 14.8 Å². The molecule has 0 atom stereocenters. The Morgan fingerprint density at radius 1 is 1.40 bits per heavy atom. The van der Waals surface area contributed by atoms with E-state index in [1.807, 2.05) is 0 Å². The van der Waals surface area contributed by atoms with Crippen LogP contribution in [0.5, 0.6) is 0 Å². The van der Waals surface area contributed by atoms with Crippen LogP contribution in [0.2, 0.25) is 6.04 Å². The van der Waals surface area contributed by atoms with Crippen molar-refractivity contribution in [1.82, 2.24) is 0 Å². The second-order valence-electron chi connectivity index (χ2n) is 1.93. The van der Waals surface area contributed by atoms with E-state index in [1.165, 1.54) is 18.9 Å². The third-order valence-electron chi connectivity index (χ3n) is 1.08. The average Bonchev–Trinajstić information content (AvgIpc) is 1.90. The van der Waals surface area contributed by atoms with Crippen molar-refractivity contribution in [1.29, 1.82) is 5.53 Å². The highest BCUT2D eigenvalue weighted by molar-refractivity contribution is 6.27. The van der Waals surface area contributed by atoms with Crippen molar-refractivity contribution in [3.8, 4) is 0 Å². The SMILES string of the molecule is C1CC[SiH2]OC1.N=[N+]([O-])[O-]. The molecule has 0 radical (unpaired) electrons. The minimum Gasteiger partial charge on any atom is -0.588 e. The van der Waals surface area contributed by atoms with E-state index in [-0.39, 0.29) is 9.76 Å². The fourth-order valence-electron chi connectivity index (χ4n) is 0.687. The number of nitrogens with zero attached hydrogens (tertiary/aromatic N) is 1. The largest absolute Gasteiger partial charge is 0.588 e. The van der Waals surface area contributed by atoms with Crippen LogP contribution in [0.15, 0.2) is 0 Å². The van der Waals surface area contributed by atoms with Crippen LogP contribution < -0.4 is 0 Å². The molecule has 1 aliphatic heterocycles. The van der Waals surface area contributed by atoms with Crippen LogP contribution in [0.25, 0.3) is 0 Å². The van der Waals surface area contributed by atoms with E-state index in [0.29, 0.717) is 0 Å². The molecule has 60 valence electrons. The van der Waals surface area contributed by atoms with E-state index in [4.69, 9.17) is 20.4 Å². The zero-order valence-electron chi connectivity index (χ0n) is 5.71. The summed E-state index contributed by atoms with van der Waals surface area (Å²) >= 11 is 0. The number of hydrogen-bond acceptors (Lipinski definition) is 4. The molecule has 0 aromatic rings. The first kappa shape index (κ1) is 9.38. The summed E-state index contributed by atoms with van der Waals surface area (Å²) in [6, 6.07) is 1.42. The Morgan fingerprint density at radius 2 is 2.00 bits per heavy atom. The highest BCUT2D eigenvalue weighted by Crippen LogP contribution is 2.01. The van der Waals surface area contributed by atoms with Gasteiger partial charge in [0.15, 0.2) is 9.76 Å². The van der Waals surface area contributed by atoms with Gasteiger partial charge in [0, 0.05) is 6.61 Å². The van der Waals surface area contributed by atoms with Gasteiger partial charge in [0.2, 0.25) is 0 Å². The van der Waals surface area contributed by atoms with Crippen molar-refractivity contribution in [3.05, 3.63) is 10.4 Å². The molecule has 1 N–H and O–H groups in total. The minimum absolute atomic E-state index is 0.00849. The summed E-state index contributed by atoms with van der Waals surface area (Å²) in [6.07, 6.45) is 2.75. The monoisotopic (exact) mass is 163 g/mol. The summed E-state index contributed by atoms with van der Waals surface area (Å²) in [6.45, 7) is 1.06. The van der Waals surface area contributed by atoms with E-state index >= 15 is 0 Å². The molecule has 10 heavy (non-hydrogen) atoms. The third-order valence-corrected chi connectivity index (χ3v) is 2.44. The van der Waals surface area contributed by atoms with Crippen LogP contribution in [-0.4, -0.2) is 21.4 Å². The molecule has 0 bridgehead atoms. The molecule has 0 unspecified atom stereocenters. The summed E-state index contributed by atoms with van der Waals surface area (Å²) in [5.41, 5.74) is 5.31. The van der Waals surface area contributed by atoms with Gasteiger partial charge in [-0.2, -0.15) is 0 Å². The predicted molar refractivity (Wildman–Crippen MR) is 38.3 cm³/mol. The highest BCUT2D eigenvalue weighted by atomic mass is 28.2. The third kappa shape index (κ3) is 10.4. The summed E-state index contributed by atoms with van der Waals surface area (Å²) in [5.74, 6) is 0. The number of hydrogen-bond donors (Lipinski definition) is 1. The summed E-state index contributed by atoms with van der Waals surface area (Å²) in [7, 11) is 0.00849. The maximum Gasteiger partial charge on any atom is 0.161 e. The van der Waals surface area contributed by atoms with Gasteiger partial charge in [-0.15, -0.1) is 0 Å². The van der Waals surface area contributed by atoms with E-state index < -0.39 is 5.02 Å². The van der Waals surface area contributed by atoms with E-state index in [2.05, 4.69) is 0 Å². The van der Waals surface area contributed by atoms with E-state index in [9.17, 15) is 0 Å². The van der Waals surface area contributed by atoms with Crippen molar-refractivity contribution in [2.24, 2.45) is 0 Å². The van der Waals surface area contributed by atoms with Gasteiger partial charge in [-0.1, -0.05) is 11.4 Å². The Balaban J connectivity index is 0.000000180. The zero-order chi connectivity index (χ0) is 7.82. The molecular formula is C4H11N2O3Si-. The predicted octanol–water partition coefficient (Wildman–Crippen LogP) is 0.324. The first-order valence-electron chi connectivity index (χ1n) is 3.17. The fourth-order valence-corrected chi connectivity index (χ4v) is 1.86. The summed E-state index contributed by atoms with van der Waals surface area (Å²) < 4.78 is 5.21. The number of nitrogens with one attached hydrogen (secondary N) is 1. The molecule has 0 amide bonds. The second-order valence-corrected chi connectivity index (χ2v) is 3.45. The second kappa shape index (κ2) is 6.50. The highest BCUT2D eigenvalue weighted by Gasteiger charge is 1.96. The minimum atomic E-state index is -1.25. The lowest BCUT2D eigenvalue weighted by atomic mass is 10.4. The van der Waals surface area contributed by atoms with Crippen LogP contribution in [0, 0.1) is 15.9 Å². The molecule has 1 fully saturated rings. The van der Waals surface area contributed by atoms with Crippen molar-refractivity contribution >= 4 is 9.76 Å². The molecule has 0 aromatic carbocycles. The van der Waals surface area contributed by atoms with Crippen LogP contribution in [0.4, 0.5) is 0 Å². The van der Waals surface area contributed by atoms with Gasteiger partial charge >= 0.3 is 0 Å². The smallest absolute Gasteiger partial charge is 0.161 e. The van der Waals surface area contributed by atoms with Crippen LogP contribution in [0.1, 0.15) is 12.8 Å². The van der Waals surface area contributed by atoms with Crippen molar-refractivity contribution in [3.63, 3.8) is 0 Å². The van der Waals surface area contributed by atoms with E-state index in [1.54, 1.807) is 0 Å². The lowest BCUT2D eigenvalue weighted by Gasteiger charge is -2.07. The maximum absolute atomic E-state index is 8.47. The molecule has 1 heterocycles. The van der Waals surface area contributed by atoms with Gasteiger partial charge in [0.25, 0.3) is 0 Å². The van der Waals surface area contributed by atoms with Crippen LogP contribution in [0.3, 0.4) is 0 Å². The Kier molecular flexibility index (Phi) is 6.09. The molecule has 0 aromatic heterocycles. The lowest BCUT2D eigenvalue weighted by molar-refractivity contribution is -0.482. The normalized spacial score (nSPS) is 19.2. The Morgan fingerprint density at radius 3 is 2.10 bits per heavy atom. The summed E-state index contributed by atoms with van der Waals surface area (Å²) in [5, 5.41) is 15.7. The fraction of sp³-hybridized carbons (Fsp3) is 1.00. The van der Waals surface area contributed by atoms with Gasteiger partial charge in [-0.3, -0.25) is 0 Å². The summed E-state index contributed by atoms with van der Waals surface area (Å²) in [4.78, 5) is 0. The van der Waals surface area contributed by atoms with Crippen LogP contribution >= 0.6 is 0 Å². The van der Waals surface area contributed by atoms with Crippen LogP contribution in [-0.2, 0) is 4.43 Å². The Hall–Kier alpha value is -0.623. The topological polar surface area (TPSA) is 82.2 Å². The first-order valence-corrected chi connectivity index (χ1v) is 4.74. The van der Waals surface area contributed by atoms with E-state index in [0.717, 1.165) is 6.61 Å². The average molecular weight is 163 g/mol. The molecule has 6 heteroatoms. The lowest BCUT2D eigenvalue weighted by Crippen LogP contribution is -2.06. The molecular weight excluding hydrogens is 152 g/mol. The molecule has 5 nitrogen and oxygen atoms in total. The molecule has 0 spiro atoms. The quantitative estimate of drug-likeness (QED) is 0.317. The van der Waals surface area contributed by atoms with Gasteiger partial charge in [0.1, 0.15) is 0 Å². The van der Waals surface area contributed by atoms with Crippen molar-refractivity contribution in [2.45, 2.75) is 18.9 Å². The van der Waals surface area contributed by atoms with Crippen molar-refractivity contribution in [2.75, 3.05) is 6.61 Å². The molecule has 0 aliphatic carbocycles. The van der Waals surface area contributed by atoms with Gasteiger partial charge in [0.05, 0.1) is 0 Å². The first-order chi connectivity index (χ1) is 4.73. The molecule has 1 saturated heterocycles. The zero-order valence-corrected chi connectivity index (χ0v) is 7.12. The molecule has 1 rings (SSSR count). The van der Waals surface area contributed by atoms with Gasteiger partial charge in [-0.05, 0) is 18.0 Å². The van der Waals surface area contributed by atoms with Gasteiger partial charge in [-0.25, -0.2) is 0 Å².